The fourth-order valence-corrected chi connectivity index (χ4v) is 2.90. The largest absolute Gasteiger partial charge is 0.490 e. The molecule has 2 aromatic carbocycles. The van der Waals surface area contributed by atoms with Gasteiger partial charge in [-0.2, -0.15) is 0 Å². The van der Waals surface area contributed by atoms with Crippen molar-refractivity contribution in [1.29, 1.82) is 0 Å². The summed E-state index contributed by atoms with van der Waals surface area (Å²) in [5.74, 6) is 2.19. The average Bonchev–Trinajstić information content (AvgIpc) is 2.77. The standard InChI is InChI=1S/C23H32N4O3/c1-5-29-20-12-9-17(15-21(20)30-6-2)13-14-26-23(25-4)27-16-18-7-10-19(11-8-18)22(28)24-3/h7-12,15H,5-6,13-14,16H2,1-4H3,(H,24,28)(H2,25,26,27). The number of ether oxygens (including phenoxy) is 2. The Morgan fingerprint density at radius 1 is 0.933 bits per heavy atom. The number of carbonyl (C=O) groups is 1. The van der Waals surface area contributed by atoms with Gasteiger partial charge in [0.05, 0.1) is 13.2 Å². The second-order valence-corrected chi connectivity index (χ2v) is 6.53. The number of nitrogens with one attached hydrogen (secondary N) is 3. The van der Waals surface area contributed by atoms with Gasteiger partial charge in [-0.25, -0.2) is 0 Å². The number of carbonyl (C=O) groups excluding carboxylic acids is 1. The van der Waals surface area contributed by atoms with Crippen LogP contribution in [0.3, 0.4) is 0 Å². The third-order valence-corrected chi connectivity index (χ3v) is 4.44. The summed E-state index contributed by atoms with van der Waals surface area (Å²) >= 11 is 0. The van der Waals surface area contributed by atoms with Crippen LogP contribution in [0, 0.1) is 0 Å². The lowest BCUT2D eigenvalue weighted by Crippen LogP contribution is -2.37. The lowest BCUT2D eigenvalue weighted by atomic mass is 10.1. The molecule has 162 valence electrons. The molecule has 30 heavy (non-hydrogen) atoms. The molecular weight excluding hydrogens is 380 g/mol. The molecule has 0 aromatic heterocycles. The van der Waals surface area contributed by atoms with Gasteiger partial charge in [-0.1, -0.05) is 18.2 Å². The van der Waals surface area contributed by atoms with Crippen molar-refractivity contribution in [3.05, 3.63) is 59.2 Å². The van der Waals surface area contributed by atoms with Crippen LogP contribution in [0.1, 0.15) is 35.3 Å². The van der Waals surface area contributed by atoms with E-state index in [9.17, 15) is 4.79 Å². The van der Waals surface area contributed by atoms with E-state index in [-0.39, 0.29) is 5.91 Å². The van der Waals surface area contributed by atoms with Gasteiger partial charge >= 0.3 is 0 Å². The van der Waals surface area contributed by atoms with E-state index in [0.29, 0.717) is 25.3 Å². The molecule has 0 bridgehead atoms. The van der Waals surface area contributed by atoms with Gasteiger partial charge in [-0.3, -0.25) is 9.79 Å². The second kappa shape index (κ2) is 12.4. The van der Waals surface area contributed by atoms with Crippen molar-refractivity contribution in [2.75, 3.05) is 33.9 Å². The fourth-order valence-electron chi connectivity index (χ4n) is 2.90. The van der Waals surface area contributed by atoms with Gasteiger partial charge in [0, 0.05) is 32.7 Å². The summed E-state index contributed by atoms with van der Waals surface area (Å²) in [6.45, 7) is 6.48. The van der Waals surface area contributed by atoms with Crippen molar-refractivity contribution in [1.82, 2.24) is 16.0 Å². The van der Waals surface area contributed by atoms with Crippen LogP contribution in [0.15, 0.2) is 47.5 Å². The normalized spacial score (nSPS) is 11.0. The summed E-state index contributed by atoms with van der Waals surface area (Å²) in [7, 11) is 3.37. The summed E-state index contributed by atoms with van der Waals surface area (Å²) in [5.41, 5.74) is 2.87. The van der Waals surface area contributed by atoms with Gasteiger partial charge in [0.25, 0.3) is 5.91 Å². The Bertz CT molecular complexity index is 835. The van der Waals surface area contributed by atoms with E-state index >= 15 is 0 Å². The van der Waals surface area contributed by atoms with E-state index in [1.807, 2.05) is 50.2 Å². The molecule has 7 heteroatoms. The van der Waals surface area contributed by atoms with Gasteiger partial charge in [0.1, 0.15) is 0 Å². The molecule has 7 nitrogen and oxygen atoms in total. The minimum atomic E-state index is -0.0891. The Morgan fingerprint density at radius 2 is 1.60 bits per heavy atom. The van der Waals surface area contributed by atoms with Crippen LogP contribution in [-0.4, -0.2) is 45.7 Å². The smallest absolute Gasteiger partial charge is 0.251 e. The highest BCUT2D eigenvalue weighted by atomic mass is 16.5. The summed E-state index contributed by atoms with van der Waals surface area (Å²) in [5, 5.41) is 9.22. The SMILES string of the molecule is CCOc1ccc(CCNC(=NC)NCc2ccc(C(=O)NC)cc2)cc1OCC. The van der Waals surface area contributed by atoms with E-state index in [4.69, 9.17) is 9.47 Å². The summed E-state index contributed by atoms with van der Waals surface area (Å²) in [6, 6.07) is 13.5. The van der Waals surface area contributed by atoms with Gasteiger partial charge in [0.15, 0.2) is 17.5 Å². The van der Waals surface area contributed by atoms with Crippen LogP contribution in [0.25, 0.3) is 0 Å². The molecule has 0 heterocycles. The van der Waals surface area contributed by atoms with E-state index in [1.54, 1.807) is 14.1 Å². The monoisotopic (exact) mass is 412 g/mol. The van der Waals surface area contributed by atoms with E-state index < -0.39 is 0 Å². The minimum Gasteiger partial charge on any atom is -0.490 e. The molecule has 0 aliphatic rings. The number of aliphatic imine (C=N–C) groups is 1. The van der Waals surface area contributed by atoms with E-state index in [2.05, 4.69) is 27.0 Å². The maximum absolute atomic E-state index is 11.6. The highest BCUT2D eigenvalue weighted by Gasteiger charge is 2.07. The van der Waals surface area contributed by atoms with Crippen LogP contribution in [0.5, 0.6) is 11.5 Å². The van der Waals surface area contributed by atoms with Gasteiger partial charge in [-0.05, 0) is 55.7 Å². The second-order valence-electron chi connectivity index (χ2n) is 6.53. The molecule has 0 atom stereocenters. The lowest BCUT2D eigenvalue weighted by Gasteiger charge is -2.14. The van der Waals surface area contributed by atoms with E-state index in [1.165, 1.54) is 0 Å². The first-order valence-corrected chi connectivity index (χ1v) is 10.2. The molecular formula is C23H32N4O3. The third kappa shape index (κ3) is 6.99. The van der Waals surface area contributed by atoms with Crippen molar-refractivity contribution in [2.45, 2.75) is 26.8 Å². The Balaban J connectivity index is 1.84. The molecule has 0 aliphatic heterocycles. The zero-order chi connectivity index (χ0) is 21.8. The zero-order valence-electron chi connectivity index (χ0n) is 18.2. The van der Waals surface area contributed by atoms with Crippen LogP contribution < -0.4 is 25.4 Å². The Morgan fingerprint density at radius 3 is 2.23 bits per heavy atom. The predicted molar refractivity (Wildman–Crippen MR) is 121 cm³/mol. The quantitative estimate of drug-likeness (QED) is 0.413. The number of nitrogens with zero attached hydrogens (tertiary/aromatic N) is 1. The molecule has 0 radical (unpaired) electrons. The highest BCUT2D eigenvalue weighted by molar-refractivity contribution is 5.93. The fraction of sp³-hybridized carbons (Fsp3) is 0.391. The van der Waals surface area contributed by atoms with Gasteiger partial charge in [0.2, 0.25) is 0 Å². The molecule has 0 spiro atoms. The molecule has 0 saturated carbocycles. The van der Waals surface area contributed by atoms with Gasteiger partial charge in [-0.15, -0.1) is 0 Å². The first-order chi connectivity index (χ1) is 14.6. The molecule has 3 N–H and O–H groups in total. The predicted octanol–water partition coefficient (Wildman–Crippen LogP) is 2.75. The highest BCUT2D eigenvalue weighted by Crippen LogP contribution is 2.28. The lowest BCUT2D eigenvalue weighted by molar-refractivity contribution is 0.0963. The molecule has 1 amide bonds. The maximum atomic E-state index is 11.6. The van der Waals surface area contributed by atoms with E-state index in [0.717, 1.165) is 41.6 Å². The minimum absolute atomic E-state index is 0.0891. The Hall–Kier alpha value is -3.22. The molecule has 0 saturated heterocycles. The topological polar surface area (TPSA) is 84.0 Å². The number of amides is 1. The molecule has 0 unspecified atom stereocenters. The summed E-state index contributed by atoms with van der Waals surface area (Å²) < 4.78 is 11.3. The summed E-state index contributed by atoms with van der Waals surface area (Å²) in [4.78, 5) is 15.9. The number of benzene rings is 2. The molecule has 0 fully saturated rings. The van der Waals surface area contributed by atoms with Crippen molar-refractivity contribution in [3.8, 4) is 11.5 Å². The van der Waals surface area contributed by atoms with Gasteiger partial charge < -0.3 is 25.4 Å². The average molecular weight is 413 g/mol. The van der Waals surface area contributed by atoms with Crippen LogP contribution in [0.4, 0.5) is 0 Å². The molecule has 0 aliphatic carbocycles. The van der Waals surface area contributed by atoms with Crippen LogP contribution in [-0.2, 0) is 13.0 Å². The van der Waals surface area contributed by atoms with Crippen molar-refractivity contribution in [2.24, 2.45) is 4.99 Å². The Kier molecular flexibility index (Phi) is 9.51. The third-order valence-electron chi connectivity index (χ3n) is 4.44. The maximum Gasteiger partial charge on any atom is 0.251 e. The van der Waals surface area contributed by atoms with Crippen LogP contribution >= 0.6 is 0 Å². The molecule has 2 rings (SSSR count). The van der Waals surface area contributed by atoms with Crippen molar-refractivity contribution in [3.63, 3.8) is 0 Å². The number of rotatable bonds is 10. The number of guanidine groups is 1. The van der Waals surface area contributed by atoms with Crippen molar-refractivity contribution >= 4 is 11.9 Å². The Labute approximate surface area is 178 Å². The summed E-state index contributed by atoms with van der Waals surface area (Å²) in [6.07, 6.45) is 0.827. The molecule has 2 aromatic rings. The van der Waals surface area contributed by atoms with Crippen molar-refractivity contribution < 1.29 is 14.3 Å². The number of hydrogen-bond acceptors (Lipinski definition) is 4. The first kappa shape index (κ1) is 23.1. The first-order valence-electron chi connectivity index (χ1n) is 10.2. The number of hydrogen-bond donors (Lipinski definition) is 3. The van der Waals surface area contributed by atoms with Crippen LogP contribution in [0.2, 0.25) is 0 Å². The zero-order valence-corrected chi connectivity index (χ0v) is 18.2.